The maximum absolute atomic E-state index is 13.0. The topological polar surface area (TPSA) is 90.9 Å². The highest BCUT2D eigenvalue weighted by atomic mass is 32.1. The average molecular weight is 340 g/mol. The van der Waals surface area contributed by atoms with Crippen LogP contribution in [0.3, 0.4) is 0 Å². The van der Waals surface area contributed by atoms with Crippen molar-refractivity contribution in [2.45, 2.75) is 32.1 Å². The van der Waals surface area contributed by atoms with Crippen LogP contribution in [-0.4, -0.2) is 10.9 Å². The summed E-state index contributed by atoms with van der Waals surface area (Å²) in [5.74, 6) is -0.455. The molecule has 24 heavy (non-hydrogen) atoms. The van der Waals surface area contributed by atoms with E-state index < -0.39 is 11.3 Å². The molecule has 3 rings (SSSR count). The molecule has 1 saturated carbocycles. The Morgan fingerprint density at radius 2 is 1.96 bits per heavy atom. The zero-order valence-electron chi connectivity index (χ0n) is 13.3. The van der Waals surface area contributed by atoms with Gasteiger partial charge >= 0.3 is 0 Å². The van der Waals surface area contributed by atoms with Crippen LogP contribution in [0.2, 0.25) is 0 Å². The van der Waals surface area contributed by atoms with E-state index in [2.05, 4.69) is 16.7 Å². The van der Waals surface area contributed by atoms with Crippen LogP contribution in [0.5, 0.6) is 0 Å². The number of allylic oxidation sites excluding steroid dienone is 1. The maximum Gasteiger partial charge on any atom is 0.235 e. The molecule has 0 unspecified atom stereocenters. The van der Waals surface area contributed by atoms with Crippen molar-refractivity contribution in [1.82, 2.24) is 5.32 Å². The number of hydrogen-bond donors (Lipinski definition) is 3. The van der Waals surface area contributed by atoms with Crippen molar-refractivity contribution < 1.29 is 4.79 Å². The van der Waals surface area contributed by atoms with Crippen LogP contribution in [0, 0.1) is 22.7 Å². The number of thiocarbonyl (C=S) groups is 1. The van der Waals surface area contributed by atoms with Crippen molar-refractivity contribution in [2.24, 2.45) is 17.1 Å². The van der Waals surface area contributed by atoms with Crippen molar-refractivity contribution in [3.63, 3.8) is 0 Å². The minimum absolute atomic E-state index is 0.180. The molecule has 0 aromatic heterocycles. The highest BCUT2D eigenvalue weighted by Crippen LogP contribution is 2.50. The van der Waals surface area contributed by atoms with Crippen LogP contribution in [0.1, 0.15) is 32.1 Å². The van der Waals surface area contributed by atoms with Gasteiger partial charge < -0.3 is 16.4 Å². The van der Waals surface area contributed by atoms with E-state index in [0.29, 0.717) is 16.4 Å². The molecular formula is C18H20N4OS. The zero-order chi connectivity index (χ0) is 17.2. The van der Waals surface area contributed by atoms with E-state index in [9.17, 15) is 10.1 Å². The van der Waals surface area contributed by atoms with E-state index in [1.54, 1.807) is 0 Å². The fourth-order valence-corrected chi connectivity index (χ4v) is 4.37. The van der Waals surface area contributed by atoms with Crippen LogP contribution < -0.4 is 16.4 Å². The quantitative estimate of drug-likeness (QED) is 0.720. The Balaban J connectivity index is 1.99. The molecule has 0 bridgehead atoms. The van der Waals surface area contributed by atoms with Crippen LogP contribution in [-0.2, 0) is 4.79 Å². The molecule has 1 amide bonds. The first-order valence-corrected chi connectivity index (χ1v) is 8.56. The Kier molecular flexibility index (Phi) is 4.54. The molecule has 124 valence electrons. The average Bonchev–Trinajstić information content (AvgIpc) is 2.56. The van der Waals surface area contributed by atoms with Gasteiger partial charge in [-0.25, -0.2) is 0 Å². The van der Waals surface area contributed by atoms with Crippen molar-refractivity contribution in [1.29, 1.82) is 5.26 Å². The third-order valence-corrected chi connectivity index (χ3v) is 5.34. The second kappa shape index (κ2) is 6.62. The van der Waals surface area contributed by atoms with Crippen LogP contribution in [0.25, 0.3) is 0 Å². The summed E-state index contributed by atoms with van der Waals surface area (Å²) < 4.78 is 0. The standard InChI is InChI=1S/C18H20N4OS/c19-11-13-15(20)22-17(24)14(18(13)9-5-2-6-10-18)16(23)21-12-7-3-1-4-8-12/h1,3-4,7-8,14H,2,5-6,9-10,20H2,(H,21,23)(H,22,24)/t14-/m1/s1. The molecule has 6 heteroatoms. The number of nitrogens with zero attached hydrogens (tertiary/aromatic N) is 1. The first kappa shape index (κ1) is 16.5. The number of para-hydroxylation sites is 1. The Labute approximate surface area is 146 Å². The third-order valence-electron chi connectivity index (χ3n) is 5.00. The summed E-state index contributed by atoms with van der Waals surface area (Å²) >= 11 is 5.46. The smallest absolute Gasteiger partial charge is 0.235 e. The number of amides is 1. The van der Waals surface area contributed by atoms with E-state index in [-0.39, 0.29) is 5.91 Å². The highest BCUT2D eigenvalue weighted by molar-refractivity contribution is 7.80. The monoisotopic (exact) mass is 340 g/mol. The summed E-state index contributed by atoms with van der Waals surface area (Å²) in [4.78, 5) is 13.4. The molecular weight excluding hydrogens is 320 g/mol. The second-order valence-corrected chi connectivity index (χ2v) is 6.83. The van der Waals surface area contributed by atoms with Gasteiger partial charge in [0, 0.05) is 11.1 Å². The molecule has 1 heterocycles. The van der Waals surface area contributed by atoms with Crippen molar-refractivity contribution in [3.05, 3.63) is 41.7 Å². The molecule has 2 aliphatic rings. The number of nitriles is 1. The molecule has 0 radical (unpaired) electrons. The maximum atomic E-state index is 13.0. The van der Waals surface area contributed by atoms with Crippen molar-refractivity contribution in [3.8, 4) is 6.07 Å². The summed E-state index contributed by atoms with van der Waals surface area (Å²) in [6.07, 6.45) is 4.55. The molecule has 1 aliphatic carbocycles. The van der Waals surface area contributed by atoms with Crippen LogP contribution in [0.15, 0.2) is 41.7 Å². The molecule has 4 N–H and O–H groups in total. The molecule has 1 atom stereocenters. The van der Waals surface area contributed by atoms with E-state index in [1.165, 1.54) is 0 Å². The number of benzene rings is 1. The molecule has 1 spiro atoms. The lowest BCUT2D eigenvalue weighted by atomic mass is 9.60. The molecule has 1 aliphatic heterocycles. The van der Waals surface area contributed by atoms with Crippen LogP contribution >= 0.6 is 12.2 Å². The van der Waals surface area contributed by atoms with Gasteiger partial charge in [-0.1, -0.05) is 49.7 Å². The van der Waals surface area contributed by atoms with Crippen molar-refractivity contribution >= 4 is 28.8 Å². The number of nitrogens with one attached hydrogen (secondary N) is 2. The van der Waals surface area contributed by atoms with Crippen LogP contribution in [0.4, 0.5) is 5.69 Å². The SMILES string of the molecule is N#CC1=C(N)NC(=S)[C@@H](C(=O)Nc2ccccc2)C12CCCCC2. The van der Waals surface area contributed by atoms with Gasteiger partial charge in [0.2, 0.25) is 5.91 Å². The van der Waals surface area contributed by atoms with E-state index in [1.807, 2.05) is 30.3 Å². The van der Waals surface area contributed by atoms with Gasteiger partial charge in [0.25, 0.3) is 0 Å². The second-order valence-electron chi connectivity index (χ2n) is 6.39. The lowest BCUT2D eigenvalue weighted by Crippen LogP contribution is -2.54. The summed E-state index contributed by atoms with van der Waals surface area (Å²) in [7, 11) is 0. The summed E-state index contributed by atoms with van der Waals surface area (Å²) in [5.41, 5.74) is 6.64. The normalized spacial score (nSPS) is 22.6. The number of nitrogens with two attached hydrogens (primary N) is 1. The zero-order valence-corrected chi connectivity index (χ0v) is 14.2. The summed E-state index contributed by atoms with van der Waals surface area (Å²) in [6, 6.07) is 11.5. The van der Waals surface area contributed by atoms with Gasteiger partial charge in [-0.2, -0.15) is 5.26 Å². The third kappa shape index (κ3) is 2.76. The Bertz CT molecular complexity index is 729. The number of carbonyl (C=O) groups excluding carboxylic acids is 1. The molecule has 5 nitrogen and oxygen atoms in total. The van der Waals surface area contributed by atoms with Gasteiger partial charge in [0.05, 0.1) is 22.5 Å². The minimum atomic E-state index is -0.585. The Morgan fingerprint density at radius 3 is 2.58 bits per heavy atom. The number of anilines is 1. The predicted molar refractivity (Wildman–Crippen MR) is 96.6 cm³/mol. The van der Waals surface area contributed by atoms with Gasteiger partial charge in [0.1, 0.15) is 5.82 Å². The van der Waals surface area contributed by atoms with E-state index >= 15 is 0 Å². The first-order chi connectivity index (χ1) is 11.6. The minimum Gasteiger partial charge on any atom is -0.384 e. The summed E-state index contributed by atoms with van der Waals surface area (Å²) in [6.45, 7) is 0. The fraction of sp³-hybridized carbons (Fsp3) is 0.389. The first-order valence-electron chi connectivity index (χ1n) is 8.15. The number of carbonyl (C=O) groups is 1. The Hall–Kier alpha value is -2.39. The lowest BCUT2D eigenvalue weighted by Gasteiger charge is -2.45. The van der Waals surface area contributed by atoms with Gasteiger partial charge in [0.15, 0.2) is 0 Å². The van der Waals surface area contributed by atoms with Gasteiger partial charge in [-0.05, 0) is 25.0 Å². The number of hydrogen-bond acceptors (Lipinski definition) is 4. The molecule has 1 fully saturated rings. The Morgan fingerprint density at radius 1 is 1.29 bits per heavy atom. The molecule has 0 saturated heterocycles. The summed E-state index contributed by atoms with van der Waals surface area (Å²) in [5, 5.41) is 15.5. The highest BCUT2D eigenvalue weighted by Gasteiger charge is 2.52. The molecule has 1 aromatic rings. The molecule has 1 aromatic carbocycles. The van der Waals surface area contributed by atoms with E-state index in [4.69, 9.17) is 18.0 Å². The van der Waals surface area contributed by atoms with E-state index in [0.717, 1.165) is 37.8 Å². The predicted octanol–water partition coefficient (Wildman–Crippen LogP) is 2.82. The van der Waals surface area contributed by atoms with Crippen molar-refractivity contribution in [2.75, 3.05) is 5.32 Å². The lowest BCUT2D eigenvalue weighted by molar-refractivity contribution is -0.121. The largest absolute Gasteiger partial charge is 0.384 e. The van der Waals surface area contributed by atoms with Gasteiger partial charge in [-0.3, -0.25) is 4.79 Å². The van der Waals surface area contributed by atoms with Gasteiger partial charge in [-0.15, -0.1) is 0 Å². The number of rotatable bonds is 2. The fourth-order valence-electron chi connectivity index (χ4n) is 3.93.